The number of carbonyl (C=O) groups excluding carboxylic acids is 1. The van der Waals surface area contributed by atoms with Crippen molar-refractivity contribution in [2.45, 2.75) is 32.2 Å². The Bertz CT molecular complexity index is 1250. The lowest BCUT2D eigenvalue weighted by molar-refractivity contribution is 0.102. The molecule has 0 spiro atoms. The molecule has 7 nitrogen and oxygen atoms in total. The van der Waals surface area contributed by atoms with Gasteiger partial charge < -0.3 is 5.32 Å². The van der Waals surface area contributed by atoms with E-state index in [-0.39, 0.29) is 11.7 Å². The number of hydrogen-bond acceptors (Lipinski definition) is 4. The summed E-state index contributed by atoms with van der Waals surface area (Å²) in [4.78, 5) is 17.9. The second-order valence-electron chi connectivity index (χ2n) is 7.76. The molecule has 0 unspecified atom stereocenters. The molecule has 30 heavy (non-hydrogen) atoms. The number of nitrogens with one attached hydrogen (secondary N) is 1. The molecule has 152 valence electrons. The molecule has 1 fully saturated rings. The van der Waals surface area contributed by atoms with E-state index in [0.717, 1.165) is 40.8 Å². The zero-order chi connectivity index (χ0) is 20.8. The molecule has 0 atom stereocenters. The maximum absolute atomic E-state index is 13.1. The van der Waals surface area contributed by atoms with E-state index in [9.17, 15) is 9.18 Å². The maximum atomic E-state index is 13.1. The summed E-state index contributed by atoms with van der Waals surface area (Å²) in [6, 6.07) is 9.91. The first-order valence-electron chi connectivity index (χ1n) is 9.91. The standard InChI is InChI=1S/C22H21FN6O/c1-13-20-17(11-18(15-5-6-15)24-21(20)28(2)26-13)22(30)25-19-9-10-29(27-19)12-14-3-7-16(23)8-4-14/h3-4,7-11,15H,5-6,12H2,1-2H3,(H,25,27,30). The molecule has 1 saturated carbocycles. The number of aryl methyl sites for hydroxylation is 2. The molecule has 3 heterocycles. The Morgan fingerprint density at radius 1 is 1.20 bits per heavy atom. The number of rotatable bonds is 5. The third-order valence-corrected chi connectivity index (χ3v) is 5.37. The van der Waals surface area contributed by atoms with Crippen LogP contribution in [0.25, 0.3) is 11.0 Å². The predicted octanol–water partition coefficient (Wildman–Crippen LogP) is 3.79. The second kappa shape index (κ2) is 7.05. The number of amides is 1. The van der Waals surface area contributed by atoms with E-state index in [0.29, 0.717) is 23.8 Å². The Kier molecular flexibility index (Phi) is 4.34. The first kappa shape index (κ1) is 18.5. The van der Waals surface area contributed by atoms with Gasteiger partial charge in [0.05, 0.1) is 23.2 Å². The normalized spacial score (nSPS) is 13.7. The van der Waals surface area contributed by atoms with Gasteiger partial charge in [0.2, 0.25) is 0 Å². The molecule has 3 aromatic heterocycles. The highest BCUT2D eigenvalue weighted by molar-refractivity contribution is 6.12. The van der Waals surface area contributed by atoms with Crippen molar-refractivity contribution in [1.29, 1.82) is 0 Å². The van der Waals surface area contributed by atoms with Crippen LogP contribution in [0.1, 0.15) is 46.1 Å². The SMILES string of the molecule is Cc1nn(C)c2nc(C3CC3)cc(C(=O)Nc3ccn(Cc4ccc(F)cc4)n3)c12. The highest BCUT2D eigenvalue weighted by atomic mass is 19.1. The van der Waals surface area contributed by atoms with Crippen LogP contribution in [0.3, 0.4) is 0 Å². The van der Waals surface area contributed by atoms with E-state index in [1.54, 1.807) is 33.8 Å². The number of pyridine rings is 1. The molecule has 1 aliphatic rings. The second-order valence-corrected chi connectivity index (χ2v) is 7.76. The summed E-state index contributed by atoms with van der Waals surface area (Å²) >= 11 is 0. The molecule has 0 aliphatic heterocycles. The number of aromatic nitrogens is 5. The van der Waals surface area contributed by atoms with Gasteiger partial charge in [-0.3, -0.25) is 14.2 Å². The summed E-state index contributed by atoms with van der Waals surface area (Å²) in [5.74, 6) is 0.382. The molecule has 1 aliphatic carbocycles. The Morgan fingerprint density at radius 2 is 1.97 bits per heavy atom. The van der Waals surface area contributed by atoms with Crippen LogP contribution in [-0.4, -0.2) is 30.5 Å². The van der Waals surface area contributed by atoms with Crippen LogP contribution in [0.4, 0.5) is 10.2 Å². The average Bonchev–Trinajstić information content (AvgIpc) is 3.43. The first-order chi connectivity index (χ1) is 14.5. The summed E-state index contributed by atoms with van der Waals surface area (Å²) in [5, 5.41) is 12.5. The monoisotopic (exact) mass is 404 g/mol. The van der Waals surface area contributed by atoms with Gasteiger partial charge in [-0.25, -0.2) is 9.37 Å². The van der Waals surface area contributed by atoms with Crippen LogP contribution in [0.15, 0.2) is 42.6 Å². The van der Waals surface area contributed by atoms with Gasteiger partial charge in [-0.15, -0.1) is 0 Å². The summed E-state index contributed by atoms with van der Waals surface area (Å²) in [5.41, 5.74) is 3.93. The average molecular weight is 404 g/mol. The fraction of sp³-hybridized carbons (Fsp3) is 0.273. The van der Waals surface area contributed by atoms with Crippen LogP contribution >= 0.6 is 0 Å². The smallest absolute Gasteiger partial charge is 0.257 e. The summed E-state index contributed by atoms with van der Waals surface area (Å²) in [7, 11) is 1.85. The van der Waals surface area contributed by atoms with Crippen molar-refractivity contribution in [3.05, 3.63) is 70.9 Å². The Morgan fingerprint density at radius 3 is 2.70 bits per heavy atom. The van der Waals surface area contributed by atoms with Gasteiger partial charge >= 0.3 is 0 Å². The minimum atomic E-state index is -0.271. The van der Waals surface area contributed by atoms with E-state index in [1.165, 1.54) is 12.1 Å². The molecule has 8 heteroatoms. The number of anilines is 1. The Balaban J connectivity index is 1.41. The number of hydrogen-bond donors (Lipinski definition) is 1. The van der Waals surface area contributed by atoms with Gasteiger partial charge in [-0.2, -0.15) is 10.2 Å². The summed E-state index contributed by atoms with van der Waals surface area (Å²) < 4.78 is 16.5. The van der Waals surface area contributed by atoms with Crippen molar-refractivity contribution >= 4 is 22.8 Å². The highest BCUT2D eigenvalue weighted by Gasteiger charge is 2.28. The number of halogens is 1. The number of fused-ring (bicyclic) bond motifs is 1. The lowest BCUT2D eigenvalue weighted by atomic mass is 10.1. The number of nitrogens with zero attached hydrogens (tertiary/aromatic N) is 5. The molecule has 0 bridgehead atoms. The van der Waals surface area contributed by atoms with Gasteiger partial charge in [-0.1, -0.05) is 12.1 Å². The van der Waals surface area contributed by atoms with Crippen molar-refractivity contribution < 1.29 is 9.18 Å². The quantitative estimate of drug-likeness (QED) is 0.549. The van der Waals surface area contributed by atoms with E-state index in [4.69, 9.17) is 4.98 Å². The third-order valence-electron chi connectivity index (χ3n) is 5.37. The van der Waals surface area contributed by atoms with E-state index in [2.05, 4.69) is 15.5 Å². The lowest BCUT2D eigenvalue weighted by Gasteiger charge is -2.08. The molecule has 0 saturated heterocycles. The highest BCUT2D eigenvalue weighted by Crippen LogP contribution is 2.40. The van der Waals surface area contributed by atoms with Gasteiger partial charge in [0.15, 0.2) is 11.5 Å². The van der Waals surface area contributed by atoms with Crippen LogP contribution in [0, 0.1) is 12.7 Å². The summed E-state index contributed by atoms with van der Waals surface area (Å²) in [6.07, 6.45) is 3.99. The molecule has 5 rings (SSSR count). The maximum Gasteiger partial charge on any atom is 0.257 e. The summed E-state index contributed by atoms with van der Waals surface area (Å²) in [6.45, 7) is 2.37. The lowest BCUT2D eigenvalue weighted by Crippen LogP contribution is -2.14. The largest absolute Gasteiger partial charge is 0.305 e. The van der Waals surface area contributed by atoms with Crippen molar-refractivity contribution in [2.24, 2.45) is 7.05 Å². The fourth-order valence-electron chi connectivity index (χ4n) is 3.71. The van der Waals surface area contributed by atoms with Crippen LogP contribution in [0.2, 0.25) is 0 Å². The number of carbonyl (C=O) groups is 1. The molecule has 1 N–H and O–H groups in total. The Labute approximate surface area is 172 Å². The zero-order valence-electron chi connectivity index (χ0n) is 16.8. The van der Waals surface area contributed by atoms with Crippen LogP contribution in [-0.2, 0) is 13.6 Å². The van der Waals surface area contributed by atoms with Crippen molar-refractivity contribution in [3.8, 4) is 0 Å². The molecule has 1 amide bonds. The fourth-order valence-corrected chi connectivity index (χ4v) is 3.71. The van der Waals surface area contributed by atoms with Crippen LogP contribution in [0.5, 0.6) is 0 Å². The first-order valence-corrected chi connectivity index (χ1v) is 9.91. The molecular formula is C22H21FN6O. The van der Waals surface area contributed by atoms with Gasteiger partial charge in [0.1, 0.15) is 5.82 Å². The van der Waals surface area contributed by atoms with E-state index in [1.807, 2.05) is 20.0 Å². The molecule has 0 radical (unpaired) electrons. The predicted molar refractivity (Wildman–Crippen MR) is 111 cm³/mol. The topological polar surface area (TPSA) is 77.6 Å². The molecular weight excluding hydrogens is 383 g/mol. The van der Waals surface area contributed by atoms with Gasteiger partial charge in [0.25, 0.3) is 5.91 Å². The van der Waals surface area contributed by atoms with Gasteiger partial charge in [0, 0.05) is 30.9 Å². The van der Waals surface area contributed by atoms with E-state index >= 15 is 0 Å². The van der Waals surface area contributed by atoms with E-state index < -0.39 is 0 Å². The third kappa shape index (κ3) is 3.45. The van der Waals surface area contributed by atoms with Crippen molar-refractivity contribution in [2.75, 3.05) is 5.32 Å². The minimum absolute atomic E-state index is 0.229. The van der Waals surface area contributed by atoms with Crippen molar-refractivity contribution in [3.63, 3.8) is 0 Å². The molecule has 4 aromatic rings. The van der Waals surface area contributed by atoms with Gasteiger partial charge in [-0.05, 0) is 43.5 Å². The molecule has 1 aromatic carbocycles. The minimum Gasteiger partial charge on any atom is -0.305 e. The van der Waals surface area contributed by atoms with Crippen LogP contribution < -0.4 is 5.32 Å². The Hall–Kier alpha value is -3.55. The zero-order valence-corrected chi connectivity index (χ0v) is 16.8. The van der Waals surface area contributed by atoms with Crippen molar-refractivity contribution in [1.82, 2.24) is 24.5 Å². The number of benzene rings is 1.